The van der Waals surface area contributed by atoms with Gasteiger partial charge >= 0.3 is 0 Å². The van der Waals surface area contributed by atoms with Crippen LogP contribution in [0, 0.1) is 18.3 Å². The predicted octanol–water partition coefficient (Wildman–Crippen LogP) is 2.21. The van der Waals surface area contributed by atoms with E-state index in [0.29, 0.717) is 23.4 Å². The summed E-state index contributed by atoms with van der Waals surface area (Å²) in [6.45, 7) is 3.45. The van der Waals surface area contributed by atoms with Gasteiger partial charge in [0.1, 0.15) is 11.7 Å². The predicted molar refractivity (Wildman–Crippen MR) is 74.2 cm³/mol. The fourth-order valence-corrected chi connectivity index (χ4v) is 2.68. The molecule has 0 spiro atoms. The van der Waals surface area contributed by atoms with Crippen LogP contribution in [0.5, 0.6) is 0 Å². The molecule has 1 aliphatic rings. The molecule has 0 saturated heterocycles. The molecule has 0 unspecified atom stereocenters. The summed E-state index contributed by atoms with van der Waals surface area (Å²) in [6, 6.07) is 5.23. The fourth-order valence-electron chi connectivity index (χ4n) is 2.47. The van der Waals surface area contributed by atoms with Crippen molar-refractivity contribution < 1.29 is 10.2 Å². The second-order valence-corrected chi connectivity index (χ2v) is 5.61. The number of aliphatic hydroxyl groups excluding tert-OH is 1. The molecule has 0 radical (unpaired) electrons. The van der Waals surface area contributed by atoms with Gasteiger partial charge in [-0.2, -0.15) is 5.26 Å². The van der Waals surface area contributed by atoms with E-state index in [1.54, 1.807) is 19.1 Å². The molecular weight excluding hydrogens is 264 g/mol. The Bertz CT molecular complexity index is 537. The summed E-state index contributed by atoms with van der Waals surface area (Å²) < 4.78 is 0. The highest BCUT2D eigenvalue weighted by molar-refractivity contribution is 6.32. The van der Waals surface area contributed by atoms with Gasteiger partial charge in [-0.15, -0.1) is 0 Å². The minimum atomic E-state index is -1.16. The van der Waals surface area contributed by atoms with Crippen molar-refractivity contribution in [2.24, 2.45) is 0 Å². The maximum atomic E-state index is 10.2. The van der Waals surface area contributed by atoms with Gasteiger partial charge in [-0.05, 0) is 44.4 Å². The summed E-state index contributed by atoms with van der Waals surface area (Å²) in [7, 11) is 0. The Kier molecular flexibility index (Phi) is 3.73. The molecule has 5 heteroatoms. The van der Waals surface area contributed by atoms with Gasteiger partial charge in [0, 0.05) is 5.69 Å². The highest BCUT2D eigenvalue weighted by Crippen LogP contribution is 2.34. The average Bonchev–Trinajstić information content (AvgIpc) is 2.62. The van der Waals surface area contributed by atoms with Crippen LogP contribution < -0.4 is 5.32 Å². The number of aliphatic hydroxyl groups is 2. The van der Waals surface area contributed by atoms with Crippen molar-refractivity contribution in [3.63, 3.8) is 0 Å². The van der Waals surface area contributed by atoms with Crippen LogP contribution in [-0.2, 0) is 0 Å². The summed E-state index contributed by atoms with van der Waals surface area (Å²) in [5, 5.41) is 32.5. The van der Waals surface area contributed by atoms with Gasteiger partial charge in [-0.25, -0.2) is 0 Å². The maximum Gasteiger partial charge on any atom is 0.108 e. The van der Waals surface area contributed by atoms with E-state index >= 15 is 0 Å². The SMILES string of the molecule is Cc1c(N[C@@H]2CC[C@@H](O)[C@@]2(C)O)ccc(C#N)c1Cl. The molecular formula is C14H17ClN2O2. The van der Waals surface area contributed by atoms with Crippen molar-refractivity contribution in [3.05, 3.63) is 28.3 Å². The fraction of sp³-hybridized carbons (Fsp3) is 0.500. The quantitative estimate of drug-likeness (QED) is 0.776. The Morgan fingerprint density at radius 2 is 2.16 bits per heavy atom. The van der Waals surface area contributed by atoms with E-state index < -0.39 is 11.7 Å². The molecule has 102 valence electrons. The zero-order valence-electron chi connectivity index (χ0n) is 10.9. The average molecular weight is 281 g/mol. The number of nitrogens with zero attached hydrogens (tertiary/aromatic N) is 1. The molecule has 0 heterocycles. The molecule has 1 saturated carbocycles. The van der Waals surface area contributed by atoms with E-state index in [2.05, 4.69) is 5.32 Å². The number of nitriles is 1. The Labute approximate surface area is 117 Å². The molecule has 1 aromatic rings. The normalized spacial score (nSPS) is 30.1. The van der Waals surface area contributed by atoms with E-state index in [1.165, 1.54) is 0 Å². The van der Waals surface area contributed by atoms with Crippen molar-refractivity contribution in [1.82, 2.24) is 0 Å². The smallest absolute Gasteiger partial charge is 0.108 e. The first-order valence-electron chi connectivity index (χ1n) is 6.24. The Hall–Kier alpha value is -1.28. The topological polar surface area (TPSA) is 76.3 Å². The first-order chi connectivity index (χ1) is 8.87. The third-order valence-corrected chi connectivity index (χ3v) is 4.43. The Balaban J connectivity index is 2.26. The molecule has 0 aliphatic heterocycles. The van der Waals surface area contributed by atoms with Crippen molar-refractivity contribution in [2.45, 2.75) is 44.4 Å². The third-order valence-electron chi connectivity index (χ3n) is 3.95. The van der Waals surface area contributed by atoms with Gasteiger partial charge in [0.15, 0.2) is 0 Å². The number of anilines is 1. The maximum absolute atomic E-state index is 10.2. The van der Waals surface area contributed by atoms with Crippen LogP contribution in [0.1, 0.15) is 30.9 Å². The highest BCUT2D eigenvalue weighted by Gasteiger charge is 2.44. The van der Waals surface area contributed by atoms with E-state index in [1.807, 2.05) is 13.0 Å². The summed E-state index contributed by atoms with van der Waals surface area (Å²) >= 11 is 6.11. The first-order valence-corrected chi connectivity index (χ1v) is 6.62. The lowest BCUT2D eigenvalue weighted by Gasteiger charge is -2.30. The number of halogens is 1. The number of nitrogens with one attached hydrogen (secondary N) is 1. The van der Waals surface area contributed by atoms with Gasteiger partial charge in [0.2, 0.25) is 0 Å². The zero-order chi connectivity index (χ0) is 14.2. The molecule has 1 aliphatic carbocycles. The van der Waals surface area contributed by atoms with Gasteiger partial charge in [-0.3, -0.25) is 0 Å². The minimum Gasteiger partial charge on any atom is -0.390 e. The molecule has 2 rings (SSSR count). The highest BCUT2D eigenvalue weighted by atomic mass is 35.5. The van der Waals surface area contributed by atoms with E-state index in [4.69, 9.17) is 16.9 Å². The van der Waals surface area contributed by atoms with Crippen LogP contribution in [0.15, 0.2) is 12.1 Å². The number of benzene rings is 1. The molecule has 3 N–H and O–H groups in total. The Morgan fingerprint density at radius 3 is 2.68 bits per heavy atom. The summed E-state index contributed by atoms with van der Waals surface area (Å²) in [5.74, 6) is 0. The van der Waals surface area contributed by atoms with Gasteiger partial charge < -0.3 is 15.5 Å². The summed E-state index contributed by atoms with van der Waals surface area (Å²) in [4.78, 5) is 0. The monoisotopic (exact) mass is 280 g/mol. The number of hydrogen-bond acceptors (Lipinski definition) is 4. The van der Waals surface area contributed by atoms with E-state index in [9.17, 15) is 10.2 Å². The van der Waals surface area contributed by atoms with Gasteiger partial charge in [0.05, 0.1) is 22.7 Å². The molecule has 0 bridgehead atoms. The van der Waals surface area contributed by atoms with Crippen LogP contribution in [0.4, 0.5) is 5.69 Å². The molecule has 19 heavy (non-hydrogen) atoms. The van der Waals surface area contributed by atoms with Crippen LogP contribution in [0.3, 0.4) is 0 Å². The number of hydrogen-bond donors (Lipinski definition) is 3. The van der Waals surface area contributed by atoms with E-state index in [0.717, 1.165) is 11.3 Å². The molecule has 3 atom stereocenters. The second kappa shape index (κ2) is 5.01. The lowest BCUT2D eigenvalue weighted by atomic mass is 9.97. The number of rotatable bonds is 2. The standard InChI is InChI=1S/C14H17ClN2O2/c1-8-10(4-3-9(7-16)13(8)15)17-11-5-6-12(18)14(11,2)19/h3-4,11-12,17-19H,5-6H2,1-2H3/t11-,12-,14+/m1/s1. The van der Waals surface area contributed by atoms with Crippen molar-refractivity contribution >= 4 is 17.3 Å². The van der Waals surface area contributed by atoms with Crippen LogP contribution in [-0.4, -0.2) is 28.0 Å². The van der Waals surface area contributed by atoms with Crippen molar-refractivity contribution in [3.8, 4) is 6.07 Å². The second-order valence-electron chi connectivity index (χ2n) is 5.23. The lowest BCUT2D eigenvalue weighted by molar-refractivity contribution is -0.0438. The van der Waals surface area contributed by atoms with E-state index in [-0.39, 0.29) is 6.04 Å². The molecule has 0 aromatic heterocycles. The molecule has 1 fully saturated rings. The zero-order valence-corrected chi connectivity index (χ0v) is 11.7. The molecule has 1 aromatic carbocycles. The van der Waals surface area contributed by atoms with Crippen molar-refractivity contribution in [2.75, 3.05) is 5.32 Å². The molecule has 0 amide bonds. The minimum absolute atomic E-state index is 0.231. The first kappa shape index (κ1) is 14.1. The van der Waals surface area contributed by atoms with Crippen LogP contribution >= 0.6 is 11.6 Å². The Morgan fingerprint density at radius 1 is 1.47 bits per heavy atom. The van der Waals surface area contributed by atoms with Crippen LogP contribution in [0.2, 0.25) is 5.02 Å². The largest absolute Gasteiger partial charge is 0.390 e. The molecule has 4 nitrogen and oxygen atoms in total. The van der Waals surface area contributed by atoms with Gasteiger partial charge in [-0.1, -0.05) is 11.6 Å². The van der Waals surface area contributed by atoms with Crippen LogP contribution in [0.25, 0.3) is 0 Å². The lowest BCUT2D eigenvalue weighted by Crippen LogP contribution is -2.46. The van der Waals surface area contributed by atoms with Gasteiger partial charge in [0.25, 0.3) is 0 Å². The summed E-state index contributed by atoms with van der Waals surface area (Å²) in [5.41, 5.74) is 0.830. The summed E-state index contributed by atoms with van der Waals surface area (Å²) in [6.07, 6.45) is 0.526. The third kappa shape index (κ3) is 2.42. The van der Waals surface area contributed by atoms with Crippen molar-refractivity contribution in [1.29, 1.82) is 5.26 Å².